The molecule has 2 rings (SSSR count). The molecule has 2 aromatic carbocycles. The lowest BCUT2D eigenvalue weighted by molar-refractivity contribution is 0.379. The minimum atomic E-state index is 0.529. The van der Waals surface area contributed by atoms with E-state index < -0.39 is 0 Å². The van der Waals surface area contributed by atoms with Crippen LogP contribution in [0.3, 0.4) is 0 Å². The van der Waals surface area contributed by atoms with E-state index in [1.165, 1.54) is 0 Å². The molecule has 90 valence electrons. The van der Waals surface area contributed by atoms with Gasteiger partial charge in [-0.3, -0.25) is 0 Å². The normalized spacial score (nSPS) is 9.61. The summed E-state index contributed by atoms with van der Waals surface area (Å²) in [4.78, 5) is 3.35. The molecule has 2 aromatic rings. The van der Waals surface area contributed by atoms with Crippen LogP contribution in [0.15, 0.2) is 42.5 Å². The summed E-state index contributed by atoms with van der Waals surface area (Å²) >= 11 is 2.23. The van der Waals surface area contributed by atoms with E-state index in [0.29, 0.717) is 17.2 Å². The first-order valence-corrected chi connectivity index (χ1v) is 6.29. The average molecular weight is 351 g/mol. The highest BCUT2D eigenvalue weighted by molar-refractivity contribution is 14.1. The van der Waals surface area contributed by atoms with E-state index in [9.17, 15) is 0 Å². The van der Waals surface area contributed by atoms with Crippen molar-refractivity contribution in [3.63, 3.8) is 0 Å². The zero-order valence-electron chi connectivity index (χ0n) is 9.68. The van der Waals surface area contributed by atoms with E-state index in [-0.39, 0.29) is 0 Å². The number of nitrogens with zero attached hydrogens (tertiary/aromatic N) is 1. The molecule has 0 spiro atoms. The molecule has 0 amide bonds. The van der Waals surface area contributed by atoms with Gasteiger partial charge < -0.3 is 9.47 Å². The largest absolute Gasteiger partial charge is 0.494 e. The smallest absolute Gasteiger partial charge is 0.191 e. The van der Waals surface area contributed by atoms with Crippen molar-refractivity contribution >= 4 is 28.3 Å². The molecular formula is C14H10INO2. The summed E-state index contributed by atoms with van der Waals surface area (Å²) in [6.45, 7) is 6.96. The van der Waals surface area contributed by atoms with Gasteiger partial charge in [0.2, 0.25) is 0 Å². The molecule has 3 nitrogen and oxygen atoms in total. The first kappa shape index (κ1) is 12.7. The van der Waals surface area contributed by atoms with Gasteiger partial charge in [-0.2, -0.15) is 0 Å². The van der Waals surface area contributed by atoms with Crippen molar-refractivity contribution in [3.05, 3.63) is 57.5 Å². The van der Waals surface area contributed by atoms with E-state index >= 15 is 0 Å². The van der Waals surface area contributed by atoms with Crippen LogP contribution in [0.4, 0.5) is 5.69 Å². The van der Waals surface area contributed by atoms with Gasteiger partial charge >= 0.3 is 0 Å². The molecule has 0 saturated heterocycles. The zero-order valence-corrected chi connectivity index (χ0v) is 11.8. The van der Waals surface area contributed by atoms with Crippen molar-refractivity contribution in [1.29, 1.82) is 0 Å². The number of methoxy groups -OCH3 is 1. The second kappa shape index (κ2) is 5.74. The fourth-order valence-electron chi connectivity index (χ4n) is 1.47. The van der Waals surface area contributed by atoms with Crippen molar-refractivity contribution in [3.8, 4) is 17.2 Å². The summed E-state index contributed by atoms with van der Waals surface area (Å²) in [6, 6.07) is 12.8. The highest BCUT2D eigenvalue weighted by Gasteiger charge is 2.07. The van der Waals surface area contributed by atoms with Gasteiger partial charge in [-0.05, 0) is 52.9 Å². The van der Waals surface area contributed by atoms with Crippen LogP contribution in [-0.4, -0.2) is 7.11 Å². The van der Waals surface area contributed by atoms with Crippen molar-refractivity contribution in [1.82, 2.24) is 0 Å². The maximum absolute atomic E-state index is 6.96. The molecular weight excluding hydrogens is 341 g/mol. The van der Waals surface area contributed by atoms with Crippen LogP contribution >= 0.6 is 22.6 Å². The second-order valence-corrected chi connectivity index (χ2v) is 4.75. The van der Waals surface area contributed by atoms with E-state index in [0.717, 1.165) is 9.32 Å². The van der Waals surface area contributed by atoms with Crippen LogP contribution in [0.2, 0.25) is 0 Å². The summed E-state index contributed by atoms with van der Waals surface area (Å²) in [5.41, 5.74) is 0.529. The van der Waals surface area contributed by atoms with E-state index in [4.69, 9.17) is 16.0 Å². The standard InChI is InChI=1S/C14H10INO2/c1-16-11-6-7-13(14(9-11)17-2)18-12-5-3-4-10(15)8-12/h3-9H,2H3. The van der Waals surface area contributed by atoms with Crippen LogP contribution < -0.4 is 9.47 Å². The van der Waals surface area contributed by atoms with Gasteiger partial charge in [0.05, 0.1) is 13.7 Å². The van der Waals surface area contributed by atoms with E-state index in [2.05, 4.69) is 27.4 Å². The molecule has 0 atom stereocenters. The highest BCUT2D eigenvalue weighted by atomic mass is 127. The maximum atomic E-state index is 6.96. The Hall–Kier alpha value is -1.74. The van der Waals surface area contributed by atoms with Gasteiger partial charge in [0.25, 0.3) is 0 Å². The topological polar surface area (TPSA) is 22.8 Å². The third-order valence-electron chi connectivity index (χ3n) is 2.30. The summed E-state index contributed by atoms with van der Waals surface area (Å²) in [5.74, 6) is 1.91. The lowest BCUT2D eigenvalue weighted by Crippen LogP contribution is -1.90. The molecule has 0 N–H and O–H groups in total. The Bertz CT molecular complexity index is 605. The Morgan fingerprint density at radius 1 is 1.11 bits per heavy atom. The lowest BCUT2D eigenvalue weighted by Gasteiger charge is -2.10. The quantitative estimate of drug-likeness (QED) is 0.594. The van der Waals surface area contributed by atoms with Crippen molar-refractivity contribution in [2.24, 2.45) is 0 Å². The third kappa shape index (κ3) is 2.93. The monoisotopic (exact) mass is 351 g/mol. The number of benzene rings is 2. The average Bonchev–Trinajstić information content (AvgIpc) is 2.39. The molecule has 0 fully saturated rings. The lowest BCUT2D eigenvalue weighted by atomic mass is 10.3. The van der Waals surface area contributed by atoms with Gasteiger partial charge in [-0.25, -0.2) is 4.85 Å². The molecule has 0 unspecified atom stereocenters. The number of rotatable bonds is 3. The number of ether oxygens (including phenoxy) is 2. The summed E-state index contributed by atoms with van der Waals surface area (Å²) in [5, 5.41) is 0. The predicted molar refractivity (Wildman–Crippen MR) is 78.5 cm³/mol. The Morgan fingerprint density at radius 3 is 2.61 bits per heavy atom. The maximum Gasteiger partial charge on any atom is 0.191 e. The molecule has 0 radical (unpaired) electrons. The van der Waals surface area contributed by atoms with Crippen molar-refractivity contribution < 1.29 is 9.47 Å². The predicted octanol–water partition coefficient (Wildman–Crippen LogP) is 4.64. The number of hydrogen-bond donors (Lipinski definition) is 0. The molecule has 0 aliphatic carbocycles. The van der Waals surface area contributed by atoms with Crippen LogP contribution in [0.1, 0.15) is 0 Å². The van der Waals surface area contributed by atoms with Crippen molar-refractivity contribution in [2.45, 2.75) is 0 Å². The fraction of sp³-hybridized carbons (Fsp3) is 0.0714. The SMILES string of the molecule is [C-]#[N+]c1ccc(Oc2cccc(I)c2)c(OC)c1. The zero-order chi connectivity index (χ0) is 13.0. The van der Waals surface area contributed by atoms with Crippen LogP contribution in [0, 0.1) is 10.1 Å². The molecule has 0 heterocycles. The minimum Gasteiger partial charge on any atom is -0.494 e. The Labute approximate surface area is 119 Å². The molecule has 0 aliphatic rings. The Kier molecular flexibility index (Phi) is 4.05. The summed E-state index contributed by atoms with van der Waals surface area (Å²) in [7, 11) is 1.56. The molecule has 18 heavy (non-hydrogen) atoms. The fourth-order valence-corrected chi connectivity index (χ4v) is 1.98. The second-order valence-electron chi connectivity index (χ2n) is 3.51. The van der Waals surface area contributed by atoms with Gasteiger partial charge in [-0.1, -0.05) is 12.1 Å². The highest BCUT2D eigenvalue weighted by Crippen LogP contribution is 2.34. The van der Waals surface area contributed by atoms with Gasteiger partial charge in [0.15, 0.2) is 17.2 Å². The molecule has 0 saturated carbocycles. The Balaban J connectivity index is 2.32. The molecule has 0 aromatic heterocycles. The van der Waals surface area contributed by atoms with Crippen LogP contribution in [0.25, 0.3) is 4.85 Å². The van der Waals surface area contributed by atoms with E-state index in [1.807, 2.05) is 24.3 Å². The van der Waals surface area contributed by atoms with Gasteiger partial charge in [-0.15, -0.1) is 0 Å². The summed E-state index contributed by atoms with van der Waals surface area (Å²) < 4.78 is 12.1. The van der Waals surface area contributed by atoms with Crippen LogP contribution in [-0.2, 0) is 0 Å². The van der Waals surface area contributed by atoms with E-state index in [1.54, 1.807) is 25.3 Å². The van der Waals surface area contributed by atoms with Gasteiger partial charge in [0, 0.05) is 3.57 Å². The summed E-state index contributed by atoms with van der Waals surface area (Å²) in [6.07, 6.45) is 0. The Morgan fingerprint density at radius 2 is 1.94 bits per heavy atom. The third-order valence-corrected chi connectivity index (χ3v) is 2.97. The number of hydrogen-bond acceptors (Lipinski definition) is 2. The van der Waals surface area contributed by atoms with Gasteiger partial charge in [0.1, 0.15) is 5.75 Å². The molecule has 4 heteroatoms. The van der Waals surface area contributed by atoms with Crippen LogP contribution in [0.5, 0.6) is 17.2 Å². The van der Waals surface area contributed by atoms with Crippen molar-refractivity contribution in [2.75, 3.05) is 7.11 Å². The first-order chi connectivity index (χ1) is 8.72. The molecule has 0 aliphatic heterocycles. The first-order valence-electron chi connectivity index (χ1n) is 5.22. The number of halogens is 1. The molecule has 0 bridgehead atoms. The minimum absolute atomic E-state index is 0.529.